The summed E-state index contributed by atoms with van der Waals surface area (Å²) in [7, 11) is 0. The van der Waals surface area contributed by atoms with Crippen LogP contribution in [0.4, 0.5) is 0 Å². The van der Waals surface area contributed by atoms with Gasteiger partial charge < -0.3 is 16.2 Å². The standard InChI is InChI=1S/C13H24N2O3/c1-13(7-3-2-4-8-13)9-15-12(18)10(14)5-6-11(16)17/h10H,2-9,14H2,1H3,(H,15,18)(H,16,17). The molecular formula is C13H24N2O3. The number of aliphatic carboxylic acids is 1. The largest absolute Gasteiger partial charge is 0.481 e. The first-order chi connectivity index (χ1) is 8.43. The SMILES string of the molecule is CC1(CNC(=O)C(N)CCC(=O)O)CCCCC1. The van der Waals surface area contributed by atoms with Crippen LogP contribution in [-0.2, 0) is 9.59 Å². The number of carbonyl (C=O) groups excluding carboxylic acids is 1. The van der Waals surface area contributed by atoms with Gasteiger partial charge in [0.15, 0.2) is 0 Å². The Balaban J connectivity index is 2.28. The van der Waals surface area contributed by atoms with E-state index in [1.54, 1.807) is 0 Å². The first-order valence-corrected chi connectivity index (χ1v) is 6.68. The summed E-state index contributed by atoms with van der Waals surface area (Å²) in [5, 5.41) is 11.4. The Morgan fingerprint density at radius 1 is 1.33 bits per heavy atom. The zero-order valence-electron chi connectivity index (χ0n) is 11.1. The molecule has 4 N–H and O–H groups in total. The van der Waals surface area contributed by atoms with Gasteiger partial charge in [-0.15, -0.1) is 0 Å². The molecule has 0 saturated heterocycles. The number of carbonyl (C=O) groups is 2. The molecule has 0 aromatic carbocycles. The van der Waals surface area contributed by atoms with Crippen molar-refractivity contribution in [1.82, 2.24) is 5.32 Å². The molecule has 1 rings (SSSR count). The van der Waals surface area contributed by atoms with E-state index in [0.717, 1.165) is 12.8 Å². The number of nitrogens with two attached hydrogens (primary N) is 1. The van der Waals surface area contributed by atoms with E-state index in [-0.39, 0.29) is 24.2 Å². The topological polar surface area (TPSA) is 92.4 Å². The summed E-state index contributed by atoms with van der Waals surface area (Å²) in [5.74, 6) is -1.15. The van der Waals surface area contributed by atoms with E-state index in [4.69, 9.17) is 10.8 Å². The molecule has 1 fully saturated rings. The maximum Gasteiger partial charge on any atom is 0.303 e. The van der Waals surface area contributed by atoms with Crippen LogP contribution in [0, 0.1) is 5.41 Å². The molecule has 0 bridgehead atoms. The maximum absolute atomic E-state index is 11.7. The van der Waals surface area contributed by atoms with Crippen molar-refractivity contribution in [3.05, 3.63) is 0 Å². The predicted octanol–water partition coefficient (Wildman–Crippen LogP) is 1.27. The second kappa shape index (κ2) is 6.73. The van der Waals surface area contributed by atoms with Crippen LogP contribution in [0.15, 0.2) is 0 Å². The normalized spacial score (nSPS) is 20.1. The molecule has 0 aromatic heterocycles. The number of hydrogen-bond acceptors (Lipinski definition) is 3. The number of carboxylic acids is 1. The molecule has 1 unspecified atom stereocenters. The van der Waals surface area contributed by atoms with Gasteiger partial charge in [-0.2, -0.15) is 0 Å². The number of rotatable bonds is 6. The highest BCUT2D eigenvalue weighted by Crippen LogP contribution is 2.34. The van der Waals surface area contributed by atoms with Crippen molar-refractivity contribution in [2.75, 3.05) is 6.54 Å². The van der Waals surface area contributed by atoms with E-state index in [9.17, 15) is 9.59 Å². The molecule has 1 aliphatic carbocycles. The van der Waals surface area contributed by atoms with Gasteiger partial charge in [-0.3, -0.25) is 9.59 Å². The van der Waals surface area contributed by atoms with Gasteiger partial charge in [0.2, 0.25) is 5.91 Å². The van der Waals surface area contributed by atoms with E-state index in [1.165, 1.54) is 19.3 Å². The number of amides is 1. The van der Waals surface area contributed by atoms with Gasteiger partial charge in [0, 0.05) is 13.0 Å². The van der Waals surface area contributed by atoms with Crippen molar-refractivity contribution in [1.29, 1.82) is 0 Å². The van der Waals surface area contributed by atoms with Gasteiger partial charge in [-0.1, -0.05) is 26.2 Å². The average Bonchev–Trinajstić information content (AvgIpc) is 2.34. The Morgan fingerprint density at radius 3 is 2.50 bits per heavy atom. The Hall–Kier alpha value is -1.10. The summed E-state index contributed by atoms with van der Waals surface area (Å²) in [6.45, 7) is 2.84. The monoisotopic (exact) mass is 256 g/mol. The van der Waals surface area contributed by atoms with E-state index >= 15 is 0 Å². The Morgan fingerprint density at radius 2 is 1.94 bits per heavy atom. The van der Waals surface area contributed by atoms with Crippen LogP contribution in [0.2, 0.25) is 0 Å². The minimum Gasteiger partial charge on any atom is -0.481 e. The summed E-state index contributed by atoms with van der Waals surface area (Å²) in [5.41, 5.74) is 5.83. The molecule has 1 atom stereocenters. The Labute approximate surface area is 108 Å². The molecule has 1 aliphatic rings. The first kappa shape index (κ1) is 15.0. The summed E-state index contributed by atoms with van der Waals surface area (Å²) in [4.78, 5) is 22.1. The Bertz CT molecular complexity index is 299. The molecule has 0 spiro atoms. The molecule has 104 valence electrons. The maximum atomic E-state index is 11.7. The highest BCUT2D eigenvalue weighted by molar-refractivity contribution is 5.82. The minimum absolute atomic E-state index is 0.0636. The van der Waals surface area contributed by atoms with Crippen LogP contribution in [-0.4, -0.2) is 29.6 Å². The Kier molecular flexibility index (Phi) is 5.59. The van der Waals surface area contributed by atoms with Crippen molar-refractivity contribution in [2.24, 2.45) is 11.1 Å². The first-order valence-electron chi connectivity index (χ1n) is 6.68. The second-order valence-corrected chi connectivity index (χ2v) is 5.63. The third-order valence-electron chi connectivity index (χ3n) is 3.76. The second-order valence-electron chi connectivity index (χ2n) is 5.63. The predicted molar refractivity (Wildman–Crippen MR) is 69.0 cm³/mol. The number of hydrogen-bond donors (Lipinski definition) is 3. The fourth-order valence-electron chi connectivity index (χ4n) is 2.42. The smallest absolute Gasteiger partial charge is 0.303 e. The van der Waals surface area contributed by atoms with Crippen LogP contribution in [0.5, 0.6) is 0 Å². The van der Waals surface area contributed by atoms with Crippen molar-refractivity contribution in [3.63, 3.8) is 0 Å². The highest BCUT2D eigenvalue weighted by Gasteiger charge is 2.27. The molecule has 1 saturated carbocycles. The van der Waals surface area contributed by atoms with Crippen LogP contribution in [0.25, 0.3) is 0 Å². The summed E-state index contributed by atoms with van der Waals surface area (Å²) >= 11 is 0. The molecule has 18 heavy (non-hydrogen) atoms. The van der Waals surface area contributed by atoms with Crippen LogP contribution < -0.4 is 11.1 Å². The molecular weight excluding hydrogens is 232 g/mol. The lowest BCUT2D eigenvalue weighted by molar-refractivity contribution is -0.137. The molecule has 0 heterocycles. The molecule has 0 aromatic rings. The molecule has 0 radical (unpaired) electrons. The molecule has 5 heteroatoms. The lowest BCUT2D eigenvalue weighted by Gasteiger charge is -2.34. The van der Waals surface area contributed by atoms with E-state index < -0.39 is 12.0 Å². The van der Waals surface area contributed by atoms with E-state index in [0.29, 0.717) is 6.54 Å². The minimum atomic E-state index is -0.919. The van der Waals surface area contributed by atoms with Crippen molar-refractivity contribution in [3.8, 4) is 0 Å². The van der Waals surface area contributed by atoms with Gasteiger partial charge in [0.25, 0.3) is 0 Å². The van der Waals surface area contributed by atoms with Crippen molar-refractivity contribution < 1.29 is 14.7 Å². The third kappa shape index (κ3) is 5.04. The molecule has 5 nitrogen and oxygen atoms in total. The number of carboxylic acid groups (broad SMARTS) is 1. The average molecular weight is 256 g/mol. The molecule has 0 aliphatic heterocycles. The van der Waals surface area contributed by atoms with Gasteiger partial charge in [-0.05, 0) is 24.7 Å². The summed E-state index contributed by atoms with van der Waals surface area (Å²) < 4.78 is 0. The summed E-state index contributed by atoms with van der Waals surface area (Å²) in [6.07, 6.45) is 6.12. The van der Waals surface area contributed by atoms with E-state index in [2.05, 4.69) is 12.2 Å². The third-order valence-corrected chi connectivity index (χ3v) is 3.76. The summed E-state index contributed by atoms with van der Waals surface area (Å²) in [6, 6.07) is -0.715. The number of nitrogens with one attached hydrogen (secondary N) is 1. The van der Waals surface area contributed by atoms with Crippen LogP contribution >= 0.6 is 0 Å². The highest BCUT2D eigenvalue weighted by atomic mass is 16.4. The van der Waals surface area contributed by atoms with Crippen LogP contribution in [0.1, 0.15) is 51.9 Å². The van der Waals surface area contributed by atoms with E-state index in [1.807, 2.05) is 0 Å². The lowest BCUT2D eigenvalue weighted by Crippen LogP contribution is -2.45. The lowest BCUT2D eigenvalue weighted by atomic mass is 9.76. The zero-order chi connectivity index (χ0) is 13.6. The fraction of sp³-hybridized carbons (Fsp3) is 0.846. The van der Waals surface area contributed by atoms with Crippen molar-refractivity contribution in [2.45, 2.75) is 57.9 Å². The van der Waals surface area contributed by atoms with Crippen LogP contribution in [0.3, 0.4) is 0 Å². The van der Waals surface area contributed by atoms with Gasteiger partial charge >= 0.3 is 5.97 Å². The fourth-order valence-corrected chi connectivity index (χ4v) is 2.42. The quantitative estimate of drug-likeness (QED) is 0.667. The van der Waals surface area contributed by atoms with Gasteiger partial charge in [0.1, 0.15) is 0 Å². The zero-order valence-corrected chi connectivity index (χ0v) is 11.1. The van der Waals surface area contributed by atoms with Gasteiger partial charge in [-0.25, -0.2) is 0 Å². The van der Waals surface area contributed by atoms with Crippen molar-refractivity contribution >= 4 is 11.9 Å². The molecule has 1 amide bonds. The van der Waals surface area contributed by atoms with Gasteiger partial charge in [0.05, 0.1) is 6.04 Å².